The van der Waals surface area contributed by atoms with E-state index >= 15 is 0 Å². The van der Waals surface area contributed by atoms with Crippen molar-refractivity contribution in [3.8, 4) is 0 Å². The van der Waals surface area contributed by atoms with Gasteiger partial charge in [0.25, 0.3) is 0 Å². The SMILES string of the molecule is [C-]#[N+]C=CCOC(=O)C=C. The minimum atomic E-state index is -0.477. The molecule has 0 aromatic carbocycles. The van der Waals surface area contributed by atoms with Gasteiger partial charge in [-0.25, -0.2) is 9.64 Å². The van der Waals surface area contributed by atoms with Crippen molar-refractivity contribution >= 4 is 5.97 Å². The van der Waals surface area contributed by atoms with Crippen LogP contribution in [0.4, 0.5) is 0 Å². The summed E-state index contributed by atoms with van der Waals surface area (Å²) in [5.41, 5.74) is 0. The zero-order valence-electron chi connectivity index (χ0n) is 5.41. The molecule has 0 N–H and O–H groups in total. The molecule has 0 amide bonds. The van der Waals surface area contributed by atoms with Gasteiger partial charge in [-0.15, -0.1) is 0 Å². The average molecular weight is 137 g/mol. The van der Waals surface area contributed by atoms with Gasteiger partial charge in [-0.05, 0) is 6.08 Å². The zero-order valence-corrected chi connectivity index (χ0v) is 5.41. The Morgan fingerprint density at radius 3 is 3.00 bits per heavy atom. The van der Waals surface area contributed by atoms with Crippen LogP contribution in [0.15, 0.2) is 24.9 Å². The van der Waals surface area contributed by atoms with Crippen LogP contribution in [-0.4, -0.2) is 12.6 Å². The number of rotatable bonds is 3. The second kappa shape index (κ2) is 5.57. The third kappa shape index (κ3) is 4.60. The molecule has 0 radical (unpaired) electrons. The highest BCUT2D eigenvalue weighted by Gasteiger charge is 1.88. The van der Waals surface area contributed by atoms with Crippen LogP contribution in [0.3, 0.4) is 0 Å². The summed E-state index contributed by atoms with van der Waals surface area (Å²) in [4.78, 5) is 13.2. The van der Waals surface area contributed by atoms with Crippen molar-refractivity contribution in [2.24, 2.45) is 0 Å². The highest BCUT2D eigenvalue weighted by atomic mass is 16.5. The number of nitrogens with zero attached hydrogens (tertiary/aromatic N) is 1. The molecular formula is C7H7NO2. The molecule has 0 aliphatic heterocycles. The number of hydrogen-bond donors (Lipinski definition) is 0. The van der Waals surface area contributed by atoms with Crippen molar-refractivity contribution in [1.82, 2.24) is 0 Å². The molecule has 0 saturated heterocycles. The maximum absolute atomic E-state index is 10.3. The van der Waals surface area contributed by atoms with E-state index in [4.69, 9.17) is 6.57 Å². The standard InChI is InChI=1S/C7H7NO2/c1-3-7(9)10-6-4-5-8-2/h3-5H,1,6H2. The molecule has 0 saturated carbocycles. The van der Waals surface area contributed by atoms with Gasteiger partial charge >= 0.3 is 5.97 Å². The first-order valence-corrected chi connectivity index (χ1v) is 2.62. The molecule has 0 atom stereocenters. The Bertz CT molecular complexity index is 188. The maximum Gasteiger partial charge on any atom is 0.330 e. The third-order valence-corrected chi connectivity index (χ3v) is 0.668. The number of carbonyl (C=O) groups excluding carboxylic acids is 1. The van der Waals surface area contributed by atoms with Crippen molar-refractivity contribution in [2.75, 3.05) is 6.61 Å². The van der Waals surface area contributed by atoms with Gasteiger partial charge in [0.2, 0.25) is 0 Å². The van der Waals surface area contributed by atoms with Gasteiger partial charge in [0.1, 0.15) is 6.61 Å². The summed E-state index contributed by atoms with van der Waals surface area (Å²) < 4.78 is 4.51. The Labute approximate surface area is 59.4 Å². The van der Waals surface area contributed by atoms with Gasteiger partial charge in [-0.2, -0.15) is 0 Å². The molecule has 3 heteroatoms. The predicted molar refractivity (Wildman–Crippen MR) is 36.9 cm³/mol. The van der Waals surface area contributed by atoms with Gasteiger partial charge < -0.3 is 4.74 Å². The fraction of sp³-hybridized carbons (Fsp3) is 0.143. The van der Waals surface area contributed by atoms with E-state index in [9.17, 15) is 4.79 Å². The van der Waals surface area contributed by atoms with Crippen LogP contribution in [0.5, 0.6) is 0 Å². The van der Waals surface area contributed by atoms with Crippen molar-refractivity contribution in [1.29, 1.82) is 0 Å². The number of esters is 1. The van der Waals surface area contributed by atoms with E-state index in [2.05, 4.69) is 16.2 Å². The monoisotopic (exact) mass is 137 g/mol. The fourth-order valence-electron chi connectivity index (χ4n) is 0.285. The first-order chi connectivity index (χ1) is 4.81. The molecule has 0 aliphatic rings. The van der Waals surface area contributed by atoms with Crippen LogP contribution in [0.1, 0.15) is 0 Å². The van der Waals surface area contributed by atoms with Gasteiger partial charge in [-0.3, -0.25) is 0 Å². The molecule has 0 heterocycles. The lowest BCUT2D eigenvalue weighted by atomic mass is 10.6. The Hall–Kier alpha value is -1.56. The van der Waals surface area contributed by atoms with E-state index in [0.29, 0.717) is 0 Å². The van der Waals surface area contributed by atoms with Crippen molar-refractivity contribution in [2.45, 2.75) is 0 Å². The quantitative estimate of drug-likeness (QED) is 0.332. The van der Waals surface area contributed by atoms with Crippen LogP contribution in [0.2, 0.25) is 0 Å². The largest absolute Gasteiger partial charge is 0.460 e. The molecule has 0 aromatic rings. The lowest BCUT2D eigenvalue weighted by Crippen LogP contribution is -1.98. The molecule has 0 fully saturated rings. The van der Waals surface area contributed by atoms with E-state index < -0.39 is 5.97 Å². The van der Waals surface area contributed by atoms with Crippen molar-refractivity contribution in [3.63, 3.8) is 0 Å². The number of hydrogen-bond acceptors (Lipinski definition) is 2. The van der Waals surface area contributed by atoms with Crippen LogP contribution in [-0.2, 0) is 9.53 Å². The lowest BCUT2D eigenvalue weighted by Gasteiger charge is -1.92. The van der Waals surface area contributed by atoms with Gasteiger partial charge in [-0.1, -0.05) is 6.58 Å². The molecule has 0 bridgehead atoms. The Balaban J connectivity index is 3.39. The molecule has 0 unspecified atom stereocenters. The minimum absolute atomic E-state index is 0.132. The van der Waals surface area contributed by atoms with Crippen LogP contribution in [0.25, 0.3) is 4.85 Å². The predicted octanol–water partition coefficient (Wildman–Crippen LogP) is 1.15. The summed E-state index contributed by atoms with van der Waals surface area (Å²) in [5.74, 6) is -0.477. The first kappa shape index (κ1) is 8.44. The Morgan fingerprint density at radius 2 is 2.50 bits per heavy atom. The molecule has 0 rings (SSSR count). The summed E-state index contributed by atoms with van der Waals surface area (Å²) in [6, 6.07) is 0. The lowest BCUT2D eigenvalue weighted by molar-refractivity contribution is -0.136. The zero-order chi connectivity index (χ0) is 7.82. The van der Waals surface area contributed by atoms with E-state index in [-0.39, 0.29) is 6.61 Å². The minimum Gasteiger partial charge on any atom is -0.460 e. The number of carbonyl (C=O) groups is 1. The van der Waals surface area contributed by atoms with E-state index in [0.717, 1.165) is 6.08 Å². The smallest absolute Gasteiger partial charge is 0.330 e. The van der Waals surface area contributed by atoms with Gasteiger partial charge in [0.15, 0.2) is 6.20 Å². The second-order valence-corrected chi connectivity index (χ2v) is 1.35. The summed E-state index contributed by atoms with van der Waals surface area (Å²) in [7, 11) is 0. The van der Waals surface area contributed by atoms with E-state index in [1.54, 1.807) is 0 Å². The van der Waals surface area contributed by atoms with Gasteiger partial charge in [0.05, 0.1) is 6.57 Å². The summed E-state index contributed by atoms with van der Waals surface area (Å²) >= 11 is 0. The highest BCUT2D eigenvalue weighted by molar-refractivity contribution is 5.81. The van der Waals surface area contributed by atoms with Crippen LogP contribution < -0.4 is 0 Å². The molecule has 3 nitrogen and oxygen atoms in total. The van der Waals surface area contributed by atoms with E-state index in [1.807, 2.05) is 0 Å². The maximum atomic E-state index is 10.3. The van der Waals surface area contributed by atoms with Crippen molar-refractivity contribution in [3.05, 3.63) is 36.3 Å². The molecule has 10 heavy (non-hydrogen) atoms. The Morgan fingerprint density at radius 1 is 1.80 bits per heavy atom. The Kier molecular flexibility index (Phi) is 4.70. The number of ether oxygens (including phenoxy) is 1. The molecule has 52 valence electrons. The normalized spacial score (nSPS) is 8.70. The van der Waals surface area contributed by atoms with Crippen LogP contribution >= 0.6 is 0 Å². The third-order valence-electron chi connectivity index (χ3n) is 0.668. The fourth-order valence-corrected chi connectivity index (χ4v) is 0.285. The summed E-state index contributed by atoms with van der Waals surface area (Å²) in [6.45, 7) is 9.64. The molecule has 0 spiro atoms. The summed E-state index contributed by atoms with van der Waals surface area (Å²) in [5, 5.41) is 0. The average Bonchev–Trinajstić information content (AvgIpc) is 1.98. The topological polar surface area (TPSA) is 30.7 Å². The van der Waals surface area contributed by atoms with Gasteiger partial charge in [0, 0.05) is 6.08 Å². The van der Waals surface area contributed by atoms with E-state index in [1.165, 1.54) is 12.3 Å². The van der Waals surface area contributed by atoms with Crippen molar-refractivity contribution < 1.29 is 9.53 Å². The molecule has 0 aliphatic carbocycles. The highest BCUT2D eigenvalue weighted by Crippen LogP contribution is 1.80. The molecular weight excluding hydrogens is 130 g/mol. The first-order valence-electron chi connectivity index (χ1n) is 2.62. The molecule has 0 aromatic heterocycles. The second-order valence-electron chi connectivity index (χ2n) is 1.35. The summed E-state index contributed by atoms with van der Waals surface area (Å²) in [6.07, 6.45) is 3.76. The van der Waals surface area contributed by atoms with Crippen LogP contribution in [0, 0.1) is 6.57 Å².